The molecule has 0 saturated heterocycles. The van der Waals surface area contributed by atoms with Crippen molar-refractivity contribution in [2.24, 2.45) is 5.92 Å². The minimum absolute atomic E-state index is 0.188. The minimum atomic E-state index is -0.486. The van der Waals surface area contributed by atoms with Crippen LogP contribution in [-0.2, 0) is 20.9 Å². The lowest BCUT2D eigenvalue weighted by atomic mass is 10.0. The van der Waals surface area contributed by atoms with Crippen molar-refractivity contribution in [3.8, 4) is 0 Å². The Morgan fingerprint density at radius 3 is 2.67 bits per heavy atom. The number of hydrogen-bond donors (Lipinski definition) is 1. The molecule has 0 aromatic heterocycles. The van der Waals surface area contributed by atoms with Gasteiger partial charge in [0.1, 0.15) is 6.61 Å². The van der Waals surface area contributed by atoms with Gasteiger partial charge in [0.25, 0.3) is 0 Å². The van der Waals surface area contributed by atoms with Crippen LogP contribution in [0, 0.1) is 5.92 Å². The average molecular weight is 291 g/mol. The summed E-state index contributed by atoms with van der Waals surface area (Å²) in [5.41, 5.74) is 0.931. The van der Waals surface area contributed by atoms with E-state index in [0.717, 1.165) is 24.8 Å². The Morgan fingerprint density at radius 2 is 1.95 bits per heavy atom. The fourth-order valence-electron chi connectivity index (χ4n) is 2.58. The van der Waals surface area contributed by atoms with Gasteiger partial charge in [-0.1, -0.05) is 36.8 Å². The summed E-state index contributed by atoms with van der Waals surface area (Å²) in [5, 5.41) is 2.78. The van der Waals surface area contributed by atoms with Crippen molar-refractivity contribution in [1.82, 2.24) is 5.32 Å². The number of amides is 1. The lowest BCUT2D eigenvalue weighted by Gasteiger charge is -2.19. The molecule has 0 spiro atoms. The number of ether oxygens (including phenoxy) is 2. The van der Waals surface area contributed by atoms with Crippen molar-refractivity contribution in [3.63, 3.8) is 0 Å². The monoisotopic (exact) mass is 291 g/mol. The zero-order valence-electron chi connectivity index (χ0n) is 12.2. The molecular formula is C16H21NO4. The van der Waals surface area contributed by atoms with Gasteiger partial charge in [0.15, 0.2) is 0 Å². The molecule has 0 heterocycles. The first-order valence-corrected chi connectivity index (χ1v) is 7.34. The number of hydrogen-bond acceptors (Lipinski definition) is 4. The highest BCUT2D eigenvalue weighted by molar-refractivity contribution is 5.75. The smallest absolute Gasteiger partial charge is 0.407 e. The molecule has 1 aromatic rings. The Bertz CT molecular complexity index is 474. The van der Waals surface area contributed by atoms with E-state index in [0.29, 0.717) is 6.61 Å². The summed E-state index contributed by atoms with van der Waals surface area (Å²) in [6.45, 7) is 2.37. The summed E-state index contributed by atoms with van der Waals surface area (Å²) in [6, 6.07) is 9.29. The predicted molar refractivity (Wildman–Crippen MR) is 77.5 cm³/mol. The van der Waals surface area contributed by atoms with E-state index in [1.54, 1.807) is 6.92 Å². The summed E-state index contributed by atoms with van der Waals surface area (Å²) in [7, 11) is 0. The van der Waals surface area contributed by atoms with Gasteiger partial charge in [0.05, 0.1) is 12.5 Å². The first-order valence-electron chi connectivity index (χ1n) is 7.34. The molecule has 0 radical (unpaired) electrons. The predicted octanol–water partition coefficient (Wildman–Crippen LogP) is 2.64. The maximum absolute atomic E-state index is 11.8. The van der Waals surface area contributed by atoms with Gasteiger partial charge < -0.3 is 14.8 Å². The van der Waals surface area contributed by atoms with E-state index in [9.17, 15) is 9.59 Å². The van der Waals surface area contributed by atoms with Gasteiger partial charge >= 0.3 is 12.1 Å². The molecule has 1 amide bonds. The molecule has 0 aliphatic heterocycles. The quantitative estimate of drug-likeness (QED) is 0.847. The molecule has 114 valence electrons. The SMILES string of the molecule is CCOC(=O)[C@@H]1CCC[C@@H]1NC(=O)OCc1ccccc1. The van der Waals surface area contributed by atoms with E-state index in [4.69, 9.17) is 9.47 Å². The maximum Gasteiger partial charge on any atom is 0.407 e. The Hall–Kier alpha value is -2.04. The highest BCUT2D eigenvalue weighted by atomic mass is 16.5. The van der Waals surface area contributed by atoms with Crippen LogP contribution < -0.4 is 5.32 Å². The van der Waals surface area contributed by atoms with Crippen LogP contribution in [0.15, 0.2) is 30.3 Å². The average Bonchev–Trinajstić information content (AvgIpc) is 2.95. The number of esters is 1. The van der Waals surface area contributed by atoms with Crippen LogP contribution >= 0.6 is 0 Å². The Kier molecular flexibility index (Phi) is 5.60. The van der Waals surface area contributed by atoms with Crippen LogP contribution in [0.2, 0.25) is 0 Å². The van der Waals surface area contributed by atoms with Crippen molar-refractivity contribution in [2.45, 2.75) is 38.8 Å². The molecule has 0 bridgehead atoms. The molecule has 1 aliphatic rings. The zero-order chi connectivity index (χ0) is 15.1. The molecule has 2 atom stereocenters. The molecule has 2 rings (SSSR count). The van der Waals surface area contributed by atoms with Crippen LogP contribution in [0.5, 0.6) is 0 Å². The third kappa shape index (κ3) is 4.48. The molecule has 1 fully saturated rings. The van der Waals surface area contributed by atoms with Crippen molar-refractivity contribution in [2.75, 3.05) is 6.61 Å². The largest absolute Gasteiger partial charge is 0.466 e. The number of carbonyl (C=O) groups is 2. The van der Waals surface area contributed by atoms with Gasteiger partial charge in [0, 0.05) is 6.04 Å². The van der Waals surface area contributed by atoms with Gasteiger partial charge in [0.2, 0.25) is 0 Å². The molecule has 1 aromatic carbocycles. The molecule has 1 aliphatic carbocycles. The lowest BCUT2D eigenvalue weighted by Crippen LogP contribution is -2.41. The molecule has 0 unspecified atom stereocenters. The second-order valence-corrected chi connectivity index (χ2v) is 5.10. The fourth-order valence-corrected chi connectivity index (χ4v) is 2.58. The first kappa shape index (κ1) is 15.4. The molecule has 5 nitrogen and oxygen atoms in total. The minimum Gasteiger partial charge on any atom is -0.466 e. The highest BCUT2D eigenvalue weighted by Crippen LogP contribution is 2.27. The van der Waals surface area contributed by atoms with Crippen LogP contribution in [0.4, 0.5) is 4.79 Å². The molecular weight excluding hydrogens is 270 g/mol. The number of alkyl carbamates (subject to hydrolysis) is 1. The lowest BCUT2D eigenvalue weighted by molar-refractivity contribution is -0.148. The first-order chi connectivity index (χ1) is 10.2. The summed E-state index contributed by atoms with van der Waals surface area (Å²) in [6.07, 6.45) is 1.96. The van der Waals surface area contributed by atoms with Crippen molar-refractivity contribution in [1.29, 1.82) is 0 Å². The van der Waals surface area contributed by atoms with Gasteiger partial charge in [-0.2, -0.15) is 0 Å². The number of nitrogens with one attached hydrogen (secondary N) is 1. The van der Waals surface area contributed by atoms with Crippen molar-refractivity contribution in [3.05, 3.63) is 35.9 Å². The summed E-state index contributed by atoms with van der Waals surface area (Å²) in [5.74, 6) is -0.488. The van der Waals surface area contributed by atoms with Gasteiger partial charge in [-0.05, 0) is 25.3 Å². The van der Waals surface area contributed by atoms with Crippen LogP contribution in [0.3, 0.4) is 0 Å². The third-order valence-electron chi connectivity index (χ3n) is 3.62. The standard InChI is InChI=1S/C16H21NO4/c1-2-20-15(18)13-9-6-10-14(13)17-16(19)21-11-12-7-4-3-5-8-12/h3-5,7-8,13-14H,2,6,9-11H2,1H3,(H,17,19)/t13-,14+/m1/s1. The van der Waals surface area contributed by atoms with E-state index in [1.807, 2.05) is 30.3 Å². The number of carbonyl (C=O) groups excluding carboxylic acids is 2. The van der Waals surface area contributed by atoms with Crippen LogP contribution in [-0.4, -0.2) is 24.7 Å². The summed E-state index contributed by atoms with van der Waals surface area (Å²) < 4.78 is 10.2. The maximum atomic E-state index is 11.8. The van der Waals surface area contributed by atoms with Gasteiger partial charge in [-0.3, -0.25) is 4.79 Å². The highest BCUT2D eigenvalue weighted by Gasteiger charge is 2.35. The summed E-state index contributed by atoms with van der Waals surface area (Å²) >= 11 is 0. The van der Waals surface area contributed by atoms with Crippen molar-refractivity contribution >= 4 is 12.1 Å². The molecule has 5 heteroatoms. The normalized spacial score (nSPS) is 20.8. The zero-order valence-corrected chi connectivity index (χ0v) is 12.2. The topological polar surface area (TPSA) is 64.6 Å². The van der Waals surface area contributed by atoms with Crippen LogP contribution in [0.25, 0.3) is 0 Å². The summed E-state index contributed by atoms with van der Waals surface area (Å²) in [4.78, 5) is 23.6. The Labute approximate surface area is 124 Å². The van der Waals surface area contributed by atoms with Crippen molar-refractivity contribution < 1.29 is 19.1 Å². The fraction of sp³-hybridized carbons (Fsp3) is 0.500. The van der Waals surface area contributed by atoms with Gasteiger partial charge in [-0.25, -0.2) is 4.79 Å². The Balaban J connectivity index is 1.80. The molecule has 1 N–H and O–H groups in total. The van der Waals surface area contributed by atoms with E-state index < -0.39 is 6.09 Å². The number of benzene rings is 1. The Morgan fingerprint density at radius 1 is 1.19 bits per heavy atom. The van der Waals surface area contributed by atoms with Crippen LogP contribution in [0.1, 0.15) is 31.7 Å². The van der Waals surface area contributed by atoms with E-state index in [1.165, 1.54) is 0 Å². The second-order valence-electron chi connectivity index (χ2n) is 5.10. The number of rotatable bonds is 5. The molecule has 21 heavy (non-hydrogen) atoms. The van der Waals surface area contributed by atoms with E-state index >= 15 is 0 Å². The van der Waals surface area contributed by atoms with E-state index in [2.05, 4.69) is 5.32 Å². The van der Waals surface area contributed by atoms with Gasteiger partial charge in [-0.15, -0.1) is 0 Å². The third-order valence-corrected chi connectivity index (χ3v) is 3.62. The molecule has 1 saturated carbocycles. The second kappa shape index (κ2) is 7.67. The van der Waals surface area contributed by atoms with E-state index in [-0.39, 0.29) is 24.5 Å².